The Morgan fingerprint density at radius 1 is 1.04 bits per heavy atom. The Morgan fingerprint density at radius 3 is 2.20 bits per heavy atom. The Hall–Kier alpha value is -2.56. The highest BCUT2D eigenvalue weighted by Gasteiger charge is 2.19. The van der Waals surface area contributed by atoms with Crippen LogP contribution in [-0.2, 0) is 4.79 Å². The quantitative estimate of drug-likeness (QED) is 0.783. The van der Waals surface area contributed by atoms with Crippen LogP contribution in [0.15, 0.2) is 48.5 Å². The van der Waals surface area contributed by atoms with Gasteiger partial charge in [0.15, 0.2) is 18.1 Å². The number of halogens is 1. The lowest BCUT2D eigenvalue weighted by atomic mass is 9.96. The lowest BCUT2D eigenvalue weighted by Gasteiger charge is -2.23. The second-order valence-electron chi connectivity index (χ2n) is 6.01. The van der Waals surface area contributed by atoms with E-state index in [2.05, 4.69) is 5.32 Å². The van der Waals surface area contributed by atoms with Crippen molar-refractivity contribution in [2.24, 2.45) is 5.92 Å². The Balaban J connectivity index is 1.99. The van der Waals surface area contributed by atoms with Gasteiger partial charge in [0.25, 0.3) is 5.91 Å². The van der Waals surface area contributed by atoms with Gasteiger partial charge in [-0.2, -0.15) is 0 Å². The minimum atomic E-state index is -0.298. The number of amides is 1. The highest BCUT2D eigenvalue weighted by Crippen LogP contribution is 2.26. The Kier molecular flexibility index (Phi) is 6.81. The smallest absolute Gasteiger partial charge is 0.258 e. The van der Waals surface area contributed by atoms with Crippen LogP contribution in [0.25, 0.3) is 0 Å². The summed E-state index contributed by atoms with van der Waals surface area (Å²) in [6.07, 6.45) is 0. The minimum Gasteiger partial charge on any atom is -0.490 e. The van der Waals surface area contributed by atoms with Gasteiger partial charge in [0, 0.05) is 0 Å². The minimum absolute atomic E-state index is 0.117. The van der Waals surface area contributed by atoms with Gasteiger partial charge in [-0.15, -0.1) is 0 Å². The Bertz CT molecular complexity index is 686. The fourth-order valence-electron chi connectivity index (χ4n) is 2.51. The summed E-state index contributed by atoms with van der Waals surface area (Å²) in [6, 6.07) is 13.2. The van der Waals surface area contributed by atoms with E-state index >= 15 is 0 Å². The number of hydrogen-bond acceptors (Lipinski definition) is 3. The molecule has 0 unspecified atom stereocenters. The van der Waals surface area contributed by atoms with Gasteiger partial charge in [0.1, 0.15) is 5.82 Å². The number of para-hydroxylation sites is 2. The highest BCUT2D eigenvalue weighted by atomic mass is 19.1. The van der Waals surface area contributed by atoms with Gasteiger partial charge >= 0.3 is 0 Å². The van der Waals surface area contributed by atoms with Crippen molar-refractivity contribution in [3.8, 4) is 11.5 Å². The largest absolute Gasteiger partial charge is 0.490 e. The number of ether oxygens (including phenoxy) is 2. The second kappa shape index (κ2) is 9.06. The molecule has 0 saturated carbocycles. The van der Waals surface area contributed by atoms with Crippen LogP contribution in [0.3, 0.4) is 0 Å². The van der Waals surface area contributed by atoms with Crippen LogP contribution in [-0.4, -0.2) is 19.1 Å². The van der Waals surface area contributed by atoms with E-state index in [-0.39, 0.29) is 30.3 Å². The zero-order valence-electron chi connectivity index (χ0n) is 14.8. The maximum absolute atomic E-state index is 13.1. The predicted octanol–water partition coefficient (Wildman–Crippen LogP) is 4.12. The molecule has 0 aliphatic carbocycles. The number of nitrogens with one attached hydrogen (secondary N) is 1. The number of carbonyl (C=O) groups is 1. The number of benzene rings is 2. The average molecular weight is 345 g/mol. The van der Waals surface area contributed by atoms with E-state index in [1.54, 1.807) is 24.3 Å². The van der Waals surface area contributed by atoms with Gasteiger partial charge in [0.2, 0.25) is 0 Å². The number of rotatable bonds is 8. The summed E-state index contributed by atoms with van der Waals surface area (Å²) in [4.78, 5) is 12.3. The summed E-state index contributed by atoms with van der Waals surface area (Å²) in [5, 5.41) is 2.95. The summed E-state index contributed by atoms with van der Waals surface area (Å²) >= 11 is 0. The van der Waals surface area contributed by atoms with Crippen molar-refractivity contribution >= 4 is 5.91 Å². The van der Waals surface area contributed by atoms with E-state index in [1.807, 2.05) is 32.9 Å². The molecule has 0 spiro atoms. The molecule has 4 nitrogen and oxygen atoms in total. The van der Waals surface area contributed by atoms with Crippen molar-refractivity contribution in [2.75, 3.05) is 13.2 Å². The van der Waals surface area contributed by atoms with Gasteiger partial charge in [0.05, 0.1) is 12.6 Å². The van der Waals surface area contributed by atoms with Crippen LogP contribution in [0.5, 0.6) is 11.5 Å². The fraction of sp³-hybridized carbons (Fsp3) is 0.350. The molecule has 5 heteroatoms. The molecule has 2 aromatic rings. The molecule has 134 valence electrons. The van der Waals surface area contributed by atoms with E-state index in [1.165, 1.54) is 12.1 Å². The molecule has 1 N–H and O–H groups in total. The van der Waals surface area contributed by atoms with Crippen LogP contribution in [0.2, 0.25) is 0 Å². The van der Waals surface area contributed by atoms with Crippen LogP contribution in [0.4, 0.5) is 4.39 Å². The molecule has 0 heterocycles. The molecule has 2 aromatic carbocycles. The SMILES string of the molecule is CCOc1ccccc1OCC(=O)N[C@@H](c1ccc(F)cc1)C(C)C. The van der Waals surface area contributed by atoms with Crippen LogP contribution in [0, 0.1) is 11.7 Å². The summed E-state index contributed by atoms with van der Waals surface area (Å²) < 4.78 is 24.2. The lowest BCUT2D eigenvalue weighted by Crippen LogP contribution is -2.35. The van der Waals surface area contributed by atoms with Crippen LogP contribution in [0.1, 0.15) is 32.4 Å². The predicted molar refractivity (Wildman–Crippen MR) is 95.2 cm³/mol. The van der Waals surface area contributed by atoms with Gasteiger partial charge < -0.3 is 14.8 Å². The molecule has 2 rings (SSSR count). The van der Waals surface area contributed by atoms with E-state index in [0.29, 0.717) is 18.1 Å². The van der Waals surface area contributed by atoms with Crippen molar-refractivity contribution in [3.63, 3.8) is 0 Å². The number of carbonyl (C=O) groups excluding carboxylic acids is 1. The molecule has 0 saturated heterocycles. The normalized spacial score (nSPS) is 11.9. The Labute approximate surface area is 148 Å². The third-order valence-electron chi connectivity index (χ3n) is 3.72. The van der Waals surface area contributed by atoms with E-state index in [4.69, 9.17) is 9.47 Å². The monoisotopic (exact) mass is 345 g/mol. The molecule has 0 aromatic heterocycles. The average Bonchev–Trinajstić information content (AvgIpc) is 2.60. The molecule has 0 radical (unpaired) electrons. The topological polar surface area (TPSA) is 47.6 Å². The van der Waals surface area contributed by atoms with E-state index < -0.39 is 0 Å². The first-order valence-corrected chi connectivity index (χ1v) is 8.40. The first-order chi connectivity index (χ1) is 12.0. The van der Waals surface area contributed by atoms with Crippen molar-refractivity contribution in [1.29, 1.82) is 0 Å². The number of hydrogen-bond donors (Lipinski definition) is 1. The summed E-state index contributed by atoms with van der Waals surface area (Å²) in [5.41, 5.74) is 0.861. The molecule has 0 aliphatic rings. The van der Waals surface area contributed by atoms with E-state index in [0.717, 1.165) is 5.56 Å². The summed E-state index contributed by atoms with van der Waals surface area (Å²) in [5.74, 6) is 0.756. The fourth-order valence-corrected chi connectivity index (χ4v) is 2.51. The standard InChI is InChI=1S/C20H24FNO3/c1-4-24-17-7-5-6-8-18(17)25-13-19(23)22-20(14(2)3)15-9-11-16(21)12-10-15/h5-12,14,20H,4,13H2,1-3H3,(H,22,23)/t20-/m1/s1. The van der Waals surface area contributed by atoms with Crippen molar-refractivity contribution < 1.29 is 18.7 Å². The molecular formula is C20H24FNO3. The lowest BCUT2D eigenvalue weighted by molar-refractivity contribution is -0.124. The maximum atomic E-state index is 13.1. The molecule has 1 amide bonds. The van der Waals surface area contributed by atoms with Gasteiger partial charge in [-0.1, -0.05) is 38.1 Å². The molecule has 25 heavy (non-hydrogen) atoms. The van der Waals surface area contributed by atoms with Crippen molar-refractivity contribution in [3.05, 3.63) is 59.9 Å². The van der Waals surface area contributed by atoms with Gasteiger partial charge in [-0.3, -0.25) is 4.79 Å². The molecule has 0 bridgehead atoms. The first kappa shape index (κ1) is 18.8. The maximum Gasteiger partial charge on any atom is 0.258 e. The van der Waals surface area contributed by atoms with Gasteiger partial charge in [-0.05, 0) is 42.7 Å². The zero-order chi connectivity index (χ0) is 18.2. The molecule has 0 fully saturated rings. The highest BCUT2D eigenvalue weighted by molar-refractivity contribution is 5.78. The molecule has 1 atom stereocenters. The third kappa shape index (κ3) is 5.48. The first-order valence-electron chi connectivity index (χ1n) is 8.40. The van der Waals surface area contributed by atoms with Crippen LogP contribution < -0.4 is 14.8 Å². The second-order valence-corrected chi connectivity index (χ2v) is 6.01. The van der Waals surface area contributed by atoms with E-state index in [9.17, 15) is 9.18 Å². The van der Waals surface area contributed by atoms with Gasteiger partial charge in [-0.25, -0.2) is 4.39 Å². The Morgan fingerprint density at radius 2 is 1.64 bits per heavy atom. The molecule has 0 aliphatic heterocycles. The van der Waals surface area contributed by atoms with Crippen LogP contribution >= 0.6 is 0 Å². The molecular weight excluding hydrogens is 321 g/mol. The van der Waals surface area contributed by atoms with Crippen molar-refractivity contribution in [1.82, 2.24) is 5.32 Å². The van der Waals surface area contributed by atoms with Crippen molar-refractivity contribution in [2.45, 2.75) is 26.8 Å². The zero-order valence-corrected chi connectivity index (χ0v) is 14.8. The summed E-state index contributed by atoms with van der Waals surface area (Å²) in [6.45, 7) is 6.29. The third-order valence-corrected chi connectivity index (χ3v) is 3.72. The summed E-state index contributed by atoms with van der Waals surface area (Å²) in [7, 11) is 0.